The number of amides is 1. The van der Waals surface area contributed by atoms with Gasteiger partial charge in [-0.3, -0.25) is 9.78 Å². The molecule has 4 heterocycles. The van der Waals surface area contributed by atoms with E-state index >= 15 is 0 Å². The molecule has 0 saturated carbocycles. The maximum absolute atomic E-state index is 12.8. The number of carbonyl (C=O) groups excluding carboxylic acids is 1. The number of anilines is 2. The van der Waals surface area contributed by atoms with Crippen LogP contribution < -0.4 is 16.0 Å². The van der Waals surface area contributed by atoms with Gasteiger partial charge in [0.05, 0.1) is 53.8 Å². The third-order valence-corrected chi connectivity index (χ3v) is 5.79. The van der Waals surface area contributed by atoms with E-state index in [2.05, 4.69) is 35.9 Å². The smallest absolute Gasteiger partial charge is 0.343 e. The molecule has 35 heavy (non-hydrogen) atoms. The van der Waals surface area contributed by atoms with Gasteiger partial charge in [0.15, 0.2) is 0 Å². The van der Waals surface area contributed by atoms with Crippen molar-refractivity contribution in [1.82, 2.24) is 35.1 Å². The summed E-state index contributed by atoms with van der Waals surface area (Å²) in [7, 11) is 0. The van der Waals surface area contributed by atoms with Crippen molar-refractivity contribution in [3.63, 3.8) is 0 Å². The minimum Gasteiger partial charge on any atom is -0.343 e. The second-order valence-electron chi connectivity index (χ2n) is 8.24. The number of benzene rings is 1. The van der Waals surface area contributed by atoms with Crippen LogP contribution >= 0.6 is 0 Å². The number of fused-ring (bicyclic) bond motifs is 1. The molecule has 1 aromatic carbocycles. The van der Waals surface area contributed by atoms with Gasteiger partial charge in [-0.1, -0.05) is 0 Å². The van der Waals surface area contributed by atoms with Gasteiger partial charge in [-0.05, 0) is 37.3 Å². The number of pyridine rings is 1. The minimum atomic E-state index is -4.39. The average Bonchev–Trinajstić information content (AvgIpc) is 3.21. The zero-order valence-electron chi connectivity index (χ0n) is 18.5. The van der Waals surface area contributed by atoms with Crippen molar-refractivity contribution >= 4 is 28.4 Å². The Morgan fingerprint density at radius 1 is 1.09 bits per heavy atom. The summed E-state index contributed by atoms with van der Waals surface area (Å²) in [6.45, 7) is 3.48. The number of nitrogens with zero attached hydrogens (tertiary/aromatic N) is 5. The van der Waals surface area contributed by atoms with Gasteiger partial charge >= 0.3 is 6.18 Å². The molecule has 4 aromatic rings. The van der Waals surface area contributed by atoms with Gasteiger partial charge in [0.1, 0.15) is 17.0 Å². The molecule has 1 amide bonds. The molecule has 1 saturated heterocycles. The third kappa shape index (κ3) is 4.78. The molecule has 180 valence electrons. The Labute approximate surface area is 197 Å². The predicted molar refractivity (Wildman–Crippen MR) is 122 cm³/mol. The minimum absolute atomic E-state index is 0.270. The van der Waals surface area contributed by atoms with Crippen molar-refractivity contribution in [2.45, 2.75) is 25.2 Å². The van der Waals surface area contributed by atoms with Gasteiger partial charge in [-0.15, -0.1) is 0 Å². The van der Waals surface area contributed by atoms with Crippen LogP contribution in [0.2, 0.25) is 0 Å². The molecule has 1 aliphatic rings. The third-order valence-electron chi connectivity index (χ3n) is 5.79. The number of halogens is 3. The van der Waals surface area contributed by atoms with Crippen LogP contribution in [0.25, 0.3) is 11.0 Å². The maximum Gasteiger partial charge on any atom is 0.416 e. The van der Waals surface area contributed by atoms with Crippen LogP contribution in [0.15, 0.2) is 55.2 Å². The van der Waals surface area contributed by atoms with Crippen molar-refractivity contribution in [3.8, 4) is 0 Å². The van der Waals surface area contributed by atoms with Crippen LogP contribution in [0.4, 0.5) is 24.7 Å². The summed E-state index contributed by atoms with van der Waals surface area (Å²) in [5, 5.41) is 8.98. The SMILES string of the molecule is CC(NC(=O)c1cc2c(cn1)ncn2C1CNC1)c1cnc(Nc2ccc(C(F)(F)F)cc2)cn1. The number of imidazole rings is 1. The summed E-state index contributed by atoms with van der Waals surface area (Å²) in [5.74, 6) is 0.00513. The molecule has 0 aliphatic carbocycles. The lowest BCUT2D eigenvalue weighted by molar-refractivity contribution is -0.137. The molecular weight excluding hydrogens is 461 g/mol. The quantitative estimate of drug-likeness (QED) is 0.385. The first-order valence-electron chi connectivity index (χ1n) is 10.9. The predicted octanol–water partition coefficient (Wildman–Crippen LogP) is 3.62. The summed E-state index contributed by atoms with van der Waals surface area (Å²) in [6.07, 6.45) is 1.89. The van der Waals surface area contributed by atoms with E-state index in [1.54, 1.807) is 25.5 Å². The highest BCUT2D eigenvalue weighted by Crippen LogP contribution is 2.30. The van der Waals surface area contributed by atoms with E-state index in [9.17, 15) is 18.0 Å². The average molecular weight is 482 g/mol. The fraction of sp³-hybridized carbons (Fsp3) is 0.261. The number of aromatic nitrogens is 5. The molecule has 0 spiro atoms. The van der Waals surface area contributed by atoms with Crippen LogP contribution in [0.1, 0.15) is 40.8 Å². The summed E-state index contributed by atoms with van der Waals surface area (Å²) < 4.78 is 40.2. The first kappa shape index (κ1) is 22.7. The van der Waals surface area contributed by atoms with E-state index < -0.39 is 17.8 Å². The second-order valence-corrected chi connectivity index (χ2v) is 8.24. The van der Waals surface area contributed by atoms with E-state index in [4.69, 9.17) is 0 Å². The number of hydrogen-bond acceptors (Lipinski definition) is 7. The Balaban J connectivity index is 1.23. The van der Waals surface area contributed by atoms with Crippen molar-refractivity contribution in [1.29, 1.82) is 0 Å². The Kier molecular flexibility index (Phi) is 5.81. The second kappa shape index (κ2) is 8.95. The van der Waals surface area contributed by atoms with E-state index in [0.29, 0.717) is 23.2 Å². The maximum atomic E-state index is 12.8. The zero-order chi connectivity index (χ0) is 24.6. The lowest BCUT2D eigenvalue weighted by Gasteiger charge is -2.28. The first-order valence-corrected chi connectivity index (χ1v) is 10.9. The summed E-state index contributed by atoms with van der Waals surface area (Å²) in [6, 6.07) is 6.20. The van der Waals surface area contributed by atoms with Gasteiger partial charge in [0.2, 0.25) is 0 Å². The molecule has 3 N–H and O–H groups in total. The van der Waals surface area contributed by atoms with Crippen molar-refractivity contribution in [3.05, 3.63) is 72.2 Å². The Hall–Kier alpha value is -4.06. The molecular formula is C23H21F3N8O. The molecule has 1 atom stereocenters. The Morgan fingerprint density at radius 2 is 1.86 bits per heavy atom. The topological polar surface area (TPSA) is 110 Å². The molecule has 0 bridgehead atoms. The number of hydrogen-bond donors (Lipinski definition) is 3. The molecule has 3 aromatic heterocycles. The normalized spacial score (nSPS) is 15.0. The Morgan fingerprint density at radius 3 is 2.49 bits per heavy atom. The molecule has 1 aliphatic heterocycles. The van der Waals surface area contributed by atoms with Gasteiger partial charge in [0, 0.05) is 18.8 Å². The van der Waals surface area contributed by atoms with Crippen LogP contribution in [0, 0.1) is 0 Å². The molecule has 1 unspecified atom stereocenters. The number of alkyl halides is 3. The summed E-state index contributed by atoms with van der Waals surface area (Å²) in [4.78, 5) is 30.0. The number of carbonyl (C=O) groups is 1. The molecule has 12 heteroatoms. The highest BCUT2D eigenvalue weighted by atomic mass is 19.4. The fourth-order valence-corrected chi connectivity index (χ4v) is 3.68. The lowest BCUT2D eigenvalue weighted by Crippen LogP contribution is -2.43. The largest absolute Gasteiger partial charge is 0.416 e. The van der Waals surface area contributed by atoms with Crippen LogP contribution in [-0.2, 0) is 6.18 Å². The van der Waals surface area contributed by atoms with Crippen LogP contribution in [0.3, 0.4) is 0 Å². The highest BCUT2D eigenvalue weighted by molar-refractivity contribution is 5.95. The van der Waals surface area contributed by atoms with Crippen molar-refractivity contribution < 1.29 is 18.0 Å². The highest BCUT2D eigenvalue weighted by Gasteiger charge is 2.30. The molecule has 5 rings (SSSR count). The molecule has 1 fully saturated rings. The standard InChI is InChI=1S/C23H21F3N8O/c1-13(18-9-30-21(11-29-18)33-15-4-2-14(3-5-15)23(24,25)26)32-22(35)17-6-20-19(10-28-17)31-12-34(20)16-7-27-8-16/h2-6,9-13,16,27H,7-8H2,1H3,(H,30,33)(H,32,35). The molecule has 9 nitrogen and oxygen atoms in total. The first-order chi connectivity index (χ1) is 16.8. The fourth-order valence-electron chi connectivity index (χ4n) is 3.68. The van der Waals surface area contributed by atoms with Gasteiger partial charge in [0.25, 0.3) is 5.91 Å². The van der Waals surface area contributed by atoms with Gasteiger partial charge in [-0.2, -0.15) is 13.2 Å². The van der Waals surface area contributed by atoms with Crippen molar-refractivity contribution in [2.24, 2.45) is 0 Å². The van der Waals surface area contributed by atoms with E-state index in [0.717, 1.165) is 36.3 Å². The Bertz CT molecular complexity index is 1350. The summed E-state index contributed by atoms with van der Waals surface area (Å²) in [5.41, 5.74) is 2.08. The lowest BCUT2D eigenvalue weighted by atomic mass is 10.1. The van der Waals surface area contributed by atoms with Gasteiger partial charge < -0.3 is 20.5 Å². The monoisotopic (exact) mass is 482 g/mol. The summed E-state index contributed by atoms with van der Waals surface area (Å²) >= 11 is 0. The van der Waals surface area contributed by atoms with E-state index in [1.807, 2.05) is 4.57 Å². The van der Waals surface area contributed by atoms with Gasteiger partial charge in [-0.25, -0.2) is 15.0 Å². The number of rotatable bonds is 6. The van der Waals surface area contributed by atoms with Crippen LogP contribution in [0.5, 0.6) is 0 Å². The number of nitrogens with one attached hydrogen (secondary N) is 3. The van der Waals surface area contributed by atoms with E-state index in [-0.39, 0.29) is 11.6 Å². The zero-order valence-corrected chi connectivity index (χ0v) is 18.5. The van der Waals surface area contributed by atoms with E-state index in [1.165, 1.54) is 24.5 Å². The molecule has 0 radical (unpaired) electrons. The van der Waals surface area contributed by atoms with Crippen molar-refractivity contribution in [2.75, 3.05) is 18.4 Å². The van der Waals surface area contributed by atoms with Crippen LogP contribution in [-0.4, -0.2) is 43.5 Å².